The smallest absolute Gasteiger partial charge is 0.357 e. The van der Waals surface area contributed by atoms with Gasteiger partial charge in [0.25, 0.3) is 5.91 Å². The van der Waals surface area contributed by atoms with Gasteiger partial charge < -0.3 is 10.0 Å². The number of hydrazone groups is 1. The quantitative estimate of drug-likeness (QED) is 0.222. The third-order valence-corrected chi connectivity index (χ3v) is 8.97. The van der Waals surface area contributed by atoms with Crippen LogP contribution in [-0.2, 0) is 16.0 Å². The zero-order valence-corrected chi connectivity index (χ0v) is 25.2. The van der Waals surface area contributed by atoms with E-state index < -0.39 is 11.9 Å². The molecule has 3 aliphatic rings. The second-order valence-electron chi connectivity index (χ2n) is 11.3. The molecule has 0 aromatic heterocycles. The topological polar surface area (TPSA) is 73.2 Å². The van der Waals surface area contributed by atoms with Gasteiger partial charge in [-0.15, -0.1) is 0 Å². The Kier molecular flexibility index (Phi) is 7.66. The molecule has 2 heterocycles. The number of aryl methyl sites for hydroxylation is 1. The predicted octanol–water partition coefficient (Wildman–Crippen LogP) is 8.52. The second kappa shape index (κ2) is 12.1. The van der Waals surface area contributed by atoms with Crippen LogP contribution in [0.1, 0.15) is 30.4 Å². The third-order valence-electron chi connectivity index (χ3n) is 8.50. The molecule has 0 atom stereocenters. The fraction of sp³-hybridized carbons (Fsp3) is 0.132. The molecule has 0 spiro atoms. The van der Waals surface area contributed by atoms with Crippen molar-refractivity contribution >= 4 is 52.3 Å². The Morgan fingerprint density at radius 1 is 0.800 bits per heavy atom. The number of hydrogen-bond donors (Lipinski definition) is 1. The number of amides is 1. The molecule has 0 saturated carbocycles. The number of anilines is 3. The van der Waals surface area contributed by atoms with Crippen molar-refractivity contribution in [3.8, 4) is 11.1 Å². The molecule has 1 aliphatic carbocycles. The van der Waals surface area contributed by atoms with Crippen molar-refractivity contribution in [3.63, 3.8) is 0 Å². The molecule has 0 radical (unpaired) electrons. The number of allylic oxidation sites excluding steroid dienone is 4. The van der Waals surface area contributed by atoms with E-state index in [1.54, 1.807) is 24.3 Å². The maximum Gasteiger partial charge on any atom is 0.357 e. The number of halogens is 1. The van der Waals surface area contributed by atoms with Crippen LogP contribution in [0.4, 0.5) is 17.1 Å². The van der Waals surface area contributed by atoms with E-state index in [1.165, 1.54) is 28.1 Å². The van der Waals surface area contributed by atoms with Crippen molar-refractivity contribution in [3.05, 3.63) is 142 Å². The molecule has 4 aromatic rings. The number of carboxylic acids is 1. The van der Waals surface area contributed by atoms with E-state index >= 15 is 0 Å². The van der Waals surface area contributed by atoms with Gasteiger partial charge in [-0.2, -0.15) is 10.1 Å². The molecule has 0 saturated heterocycles. The van der Waals surface area contributed by atoms with E-state index in [9.17, 15) is 14.7 Å². The van der Waals surface area contributed by atoms with Gasteiger partial charge in [0.05, 0.1) is 11.3 Å². The number of para-hydroxylation sites is 1. The van der Waals surface area contributed by atoms with Crippen molar-refractivity contribution in [1.29, 1.82) is 0 Å². The van der Waals surface area contributed by atoms with Crippen LogP contribution >= 0.6 is 11.6 Å². The lowest BCUT2D eigenvalue weighted by molar-refractivity contribution is -0.129. The third kappa shape index (κ3) is 5.49. The van der Waals surface area contributed by atoms with Gasteiger partial charge in [0, 0.05) is 23.0 Å². The fourth-order valence-electron chi connectivity index (χ4n) is 6.30. The summed E-state index contributed by atoms with van der Waals surface area (Å²) in [6, 6.07) is 34.5. The van der Waals surface area contributed by atoms with Crippen LogP contribution < -0.4 is 9.91 Å². The molecule has 1 amide bonds. The van der Waals surface area contributed by atoms with E-state index in [0.717, 1.165) is 35.5 Å². The van der Waals surface area contributed by atoms with Crippen molar-refractivity contribution in [2.24, 2.45) is 5.10 Å². The van der Waals surface area contributed by atoms with Crippen LogP contribution in [0, 0.1) is 0 Å². The van der Waals surface area contributed by atoms with Crippen molar-refractivity contribution in [1.82, 2.24) is 0 Å². The Balaban J connectivity index is 1.15. The predicted molar refractivity (Wildman–Crippen MR) is 181 cm³/mol. The highest BCUT2D eigenvalue weighted by molar-refractivity contribution is 6.53. The summed E-state index contributed by atoms with van der Waals surface area (Å²) >= 11 is 6.82. The average Bonchev–Trinajstić information content (AvgIpc) is 3.62. The summed E-state index contributed by atoms with van der Waals surface area (Å²) in [5.41, 5.74) is 8.84. The number of hydrogen-bond acceptors (Lipinski definition) is 4. The summed E-state index contributed by atoms with van der Waals surface area (Å²) in [7, 11) is 0. The normalized spacial score (nSPS) is 18.2. The highest BCUT2D eigenvalue weighted by Crippen LogP contribution is 2.40. The van der Waals surface area contributed by atoms with Gasteiger partial charge >= 0.3 is 5.97 Å². The SMILES string of the molecule is O=C(O)C1=NN(c2ccccc2)C(=O)/C1=C1/CCC(/C=C/c2ccc3c(c2)CCCN3c2cccc(-c3ccccc3)c2)=C1Cl. The molecule has 45 heavy (non-hydrogen) atoms. The van der Waals surface area contributed by atoms with Gasteiger partial charge in [0.15, 0.2) is 5.71 Å². The van der Waals surface area contributed by atoms with Crippen LogP contribution in [0.5, 0.6) is 0 Å². The summed E-state index contributed by atoms with van der Waals surface area (Å²) in [4.78, 5) is 27.9. The molecular weight excluding hydrogens is 582 g/mol. The monoisotopic (exact) mass is 611 g/mol. The van der Waals surface area contributed by atoms with Crippen molar-refractivity contribution in [2.75, 3.05) is 16.5 Å². The largest absolute Gasteiger partial charge is 0.476 e. The van der Waals surface area contributed by atoms with Crippen molar-refractivity contribution in [2.45, 2.75) is 25.7 Å². The number of fused-ring (bicyclic) bond motifs is 1. The highest BCUT2D eigenvalue weighted by atomic mass is 35.5. The molecule has 7 rings (SSSR count). The molecule has 0 fully saturated rings. The van der Waals surface area contributed by atoms with Crippen LogP contribution in [0.15, 0.2) is 136 Å². The first-order valence-electron chi connectivity index (χ1n) is 15.1. The maximum atomic E-state index is 13.4. The summed E-state index contributed by atoms with van der Waals surface area (Å²) in [5, 5.41) is 15.6. The van der Waals surface area contributed by atoms with E-state index in [4.69, 9.17) is 11.6 Å². The molecule has 0 unspecified atom stereocenters. The van der Waals surface area contributed by atoms with Gasteiger partial charge in [-0.1, -0.05) is 90.5 Å². The van der Waals surface area contributed by atoms with E-state index in [1.807, 2.05) is 24.3 Å². The van der Waals surface area contributed by atoms with Gasteiger partial charge in [-0.25, -0.2) is 4.79 Å². The number of carboxylic acid groups (broad SMARTS) is 1. The average molecular weight is 612 g/mol. The molecular formula is C38H30ClN3O3. The van der Waals surface area contributed by atoms with Gasteiger partial charge in [0.2, 0.25) is 0 Å². The van der Waals surface area contributed by atoms with E-state index in [0.29, 0.717) is 29.1 Å². The molecule has 1 N–H and O–H groups in total. The Bertz CT molecular complexity index is 1940. The Hall–Kier alpha value is -5.20. The minimum Gasteiger partial charge on any atom is -0.476 e. The number of carbonyl (C=O) groups excluding carboxylic acids is 1. The lowest BCUT2D eigenvalue weighted by atomic mass is 9.97. The zero-order chi connectivity index (χ0) is 30.9. The highest BCUT2D eigenvalue weighted by Gasteiger charge is 2.39. The molecule has 4 aromatic carbocycles. The molecule has 0 bridgehead atoms. The number of carbonyl (C=O) groups is 2. The Morgan fingerprint density at radius 3 is 2.31 bits per heavy atom. The van der Waals surface area contributed by atoms with E-state index in [-0.39, 0.29) is 11.3 Å². The zero-order valence-electron chi connectivity index (χ0n) is 24.5. The number of aliphatic carboxylic acids is 1. The Morgan fingerprint density at radius 2 is 1.53 bits per heavy atom. The summed E-state index contributed by atoms with van der Waals surface area (Å²) < 4.78 is 0. The van der Waals surface area contributed by atoms with Crippen LogP contribution in [0.25, 0.3) is 17.2 Å². The summed E-state index contributed by atoms with van der Waals surface area (Å²) in [6.07, 6.45) is 7.16. The molecule has 7 heteroatoms. The van der Waals surface area contributed by atoms with Gasteiger partial charge in [0.1, 0.15) is 0 Å². The first-order valence-corrected chi connectivity index (χ1v) is 15.4. The number of benzene rings is 4. The fourth-order valence-corrected chi connectivity index (χ4v) is 6.65. The van der Waals surface area contributed by atoms with Gasteiger partial charge in [-0.05, 0) is 95.5 Å². The van der Waals surface area contributed by atoms with Crippen LogP contribution in [0.3, 0.4) is 0 Å². The van der Waals surface area contributed by atoms with Crippen LogP contribution in [-0.4, -0.2) is 29.2 Å². The number of rotatable bonds is 6. The lowest BCUT2D eigenvalue weighted by Gasteiger charge is -2.32. The Labute approximate surface area is 266 Å². The molecule has 6 nitrogen and oxygen atoms in total. The van der Waals surface area contributed by atoms with Crippen LogP contribution in [0.2, 0.25) is 0 Å². The standard InChI is InChI=1S/C38H30ClN3O3/c39-35-27(19-20-32(35)34-36(38(44)45)40-42(37(34)43)30-13-5-2-6-14-30)18-16-25-17-21-33-29(23-25)12-8-22-41(33)31-15-7-11-28(24-31)26-9-3-1-4-10-26/h1-7,9-11,13-18,21,23-24H,8,12,19-20,22H2,(H,44,45)/b18-16+,34-32-. The molecule has 222 valence electrons. The first-order chi connectivity index (χ1) is 22.0. The number of nitrogens with zero attached hydrogens (tertiary/aromatic N) is 3. The van der Waals surface area contributed by atoms with E-state index in [2.05, 4.69) is 76.7 Å². The minimum atomic E-state index is -1.26. The minimum absolute atomic E-state index is 0.0601. The second-order valence-corrected chi connectivity index (χ2v) is 11.7. The van der Waals surface area contributed by atoms with Crippen molar-refractivity contribution < 1.29 is 14.7 Å². The van der Waals surface area contributed by atoms with Gasteiger partial charge in [-0.3, -0.25) is 4.79 Å². The maximum absolute atomic E-state index is 13.4. The molecule has 2 aliphatic heterocycles. The lowest BCUT2D eigenvalue weighted by Crippen LogP contribution is -2.24. The summed E-state index contributed by atoms with van der Waals surface area (Å²) in [5.74, 6) is -1.74. The first kappa shape index (κ1) is 28.6. The summed E-state index contributed by atoms with van der Waals surface area (Å²) in [6.45, 7) is 0.961.